The van der Waals surface area contributed by atoms with E-state index in [2.05, 4.69) is 10.3 Å². The monoisotopic (exact) mass is 270 g/mol. The Hall–Kier alpha value is -2.69. The van der Waals surface area contributed by atoms with Crippen molar-refractivity contribution in [2.45, 2.75) is 12.8 Å². The van der Waals surface area contributed by atoms with Crippen LogP contribution in [0.1, 0.15) is 22.3 Å². The van der Waals surface area contributed by atoms with Crippen LogP contribution in [0, 0.1) is 0 Å². The Morgan fingerprint density at radius 3 is 2.60 bits per heavy atom. The first-order valence-electron chi connectivity index (χ1n) is 6.17. The van der Waals surface area contributed by atoms with E-state index in [0.717, 1.165) is 5.56 Å². The van der Waals surface area contributed by atoms with E-state index in [1.54, 1.807) is 42.7 Å². The van der Waals surface area contributed by atoms with Gasteiger partial charge >= 0.3 is 5.97 Å². The average Bonchev–Trinajstić information content (AvgIpc) is 2.46. The number of pyridine rings is 1. The number of carbonyl (C=O) groups is 2. The Balaban J connectivity index is 2.04. The molecule has 1 heterocycles. The number of rotatable bonds is 5. The fourth-order valence-corrected chi connectivity index (χ4v) is 1.76. The SMILES string of the molecule is O=C(O)CCc1cccc(NC(=O)c2ccncc2)c1. The Morgan fingerprint density at radius 1 is 1.15 bits per heavy atom. The first-order chi connectivity index (χ1) is 9.65. The molecule has 20 heavy (non-hydrogen) atoms. The van der Waals surface area contributed by atoms with Crippen molar-refractivity contribution in [3.63, 3.8) is 0 Å². The number of hydrogen-bond donors (Lipinski definition) is 2. The molecule has 0 aliphatic heterocycles. The van der Waals surface area contributed by atoms with Gasteiger partial charge < -0.3 is 10.4 Å². The smallest absolute Gasteiger partial charge is 0.303 e. The molecule has 0 fully saturated rings. The number of aryl methyl sites for hydroxylation is 1. The first kappa shape index (κ1) is 13.7. The lowest BCUT2D eigenvalue weighted by molar-refractivity contribution is -0.136. The van der Waals surface area contributed by atoms with Crippen molar-refractivity contribution in [3.8, 4) is 0 Å². The summed E-state index contributed by atoms with van der Waals surface area (Å²) in [6.07, 6.45) is 3.62. The number of benzene rings is 1. The topological polar surface area (TPSA) is 79.3 Å². The summed E-state index contributed by atoms with van der Waals surface area (Å²) in [5.74, 6) is -1.06. The van der Waals surface area contributed by atoms with Crippen molar-refractivity contribution in [1.29, 1.82) is 0 Å². The molecule has 0 bridgehead atoms. The van der Waals surface area contributed by atoms with Crippen LogP contribution in [0.4, 0.5) is 5.69 Å². The lowest BCUT2D eigenvalue weighted by Gasteiger charge is -2.07. The highest BCUT2D eigenvalue weighted by Crippen LogP contribution is 2.13. The van der Waals surface area contributed by atoms with Crippen LogP contribution >= 0.6 is 0 Å². The van der Waals surface area contributed by atoms with Crippen molar-refractivity contribution in [2.75, 3.05) is 5.32 Å². The maximum absolute atomic E-state index is 12.0. The van der Waals surface area contributed by atoms with Gasteiger partial charge in [0.15, 0.2) is 0 Å². The van der Waals surface area contributed by atoms with Crippen LogP contribution in [0.2, 0.25) is 0 Å². The predicted molar refractivity (Wildman–Crippen MR) is 74.6 cm³/mol. The largest absolute Gasteiger partial charge is 0.481 e. The number of aromatic nitrogens is 1. The van der Waals surface area contributed by atoms with Gasteiger partial charge in [0.2, 0.25) is 0 Å². The molecule has 0 saturated heterocycles. The zero-order chi connectivity index (χ0) is 14.4. The molecule has 5 nitrogen and oxygen atoms in total. The molecule has 0 aliphatic carbocycles. The normalized spacial score (nSPS) is 10.0. The van der Waals surface area contributed by atoms with Gasteiger partial charge in [0.25, 0.3) is 5.91 Å². The highest BCUT2D eigenvalue weighted by molar-refractivity contribution is 6.04. The maximum atomic E-state index is 12.0. The van der Waals surface area contributed by atoms with E-state index < -0.39 is 5.97 Å². The molecule has 0 radical (unpaired) electrons. The first-order valence-corrected chi connectivity index (χ1v) is 6.17. The fraction of sp³-hybridized carbons (Fsp3) is 0.133. The van der Waals surface area contributed by atoms with E-state index in [9.17, 15) is 9.59 Å². The number of aliphatic carboxylic acids is 1. The third-order valence-corrected chi connectivity index (χ3v) is 2.75. The van der Waals surface area contributed by atoms with Gasteiger partial charge in [-0.05, 0) is 36.2 Å². The van der Waals surface area contributed by atoms with Gasteiger partial charge in [-0.25, -0.2) is 0 Å². The van der Waals surface area contributed by atoms with Gasteiger partial charge in [-0.2, -0.15) is 0 Å². The summed E-state index contributed by atoms with van der Waals surface area (Å²) in [5, 5.41) is 11.4. The summed E-state index contributed by atoms with van der Waals surface area (Å²) in [6, 6.07) is 10.4. The number of nitrogens with one attached hydrogen (secondary N) is 1. The van der Waals surface area contributed by atoms with E-state index in [1.165, 1.54) is 0 Å². The molecule has 1 aromatic carbocycles. The van der Waals surface area contributed by atoms with Gasteiger partial charge in [-0.3, -0.25) is 14.6 Å². The average molecular weight is 270 g/mol. The molecule has 2 rings (SSSR count). The summed E-state index contributed by atoms with van der Waals surface area (Å²) in [7, 11) is 0. The Morgan fingerprint density at radius 2 is 1.90 bits per heavy atom. The second kappa shape index (κ2) is 6.47. The molecule has 0 atom stereocenters. The van der Waals surface area contributed by atoms with Gasteiger partial charge in [-0.15, -0.1) is 0 Å². The van der Waals surface area contributed by atoms with E-state index in [1.807, 2.05) is 6.07 Å². The lowest BCUT2D eigenvalue weighted by atomic mass is 10.1. The van der Waals surface area contributed by atoms with Crippen LogP contribution in [0.25, 0.3) is 0 Å². The van der Waals surface area contributed by atoms with Crippen LogP contribution in [-0.4, -0.2) is 22.0 Å². The molecule has 1 aromatic heterocycles. The Kier molecular flexibility index (Phi) is 4.44. The zero-order valence-electron chi connectivity index (χ0n) is 10.7. The number of carboxylic acid groups (broad SMARTS) is 1. The number of carboxylic acids is 1. The minimum Gasteiger partial charge on any atom is -0.481 e. The van der Waals surface area contributed by atoms with Crippen LogP contribution in [-0.2, 0) is 11.2 Å². The molecule has 2 N–H and O–H groups in total. The van der Waals surface area contributed by atoms with E-state index in [0.29, 0.717) is 17.7 Å². The molecule has 2 aromatic rings. The van der Waals surface area contributed by atoms with Crippen molar-refractivity contribution in [3.05, 3.63) is 59.9 Å². The van der Waals surface area contributed by atoms with Crippen LogP contribution in [0.5, 0.6) is 0 Å². The Bertz CT molecular complexity index is 612. The summed E-state index contributed by atoms with van der Waals surface area (Å²) in [5.41, 5.74) is 2.05. The van der Waals surface area contributed by atoms with Crippen molar-refractivity contribution >= 4 is 17.6 Å². The standard InChI is InChI=1S/C15H14N2O3/c18-14(19)5-4-11-2-1-3-13(10-11)17-15(20)12-6-8-16-9-7-12/h1-3,6-10H,4-5H2,(H,17,20)(H,18,19). The second-order valence-electron chi connectivity index (χ2n) is 4.28. The molecular weight excluding hydrogens is 256 g/mol. The van der Waals surface area contributed by atoms with Crippen LogP contribution in [0.15, 0.2) is 48.8 Å². The predicted octanol–water partition coefficient (Wildman–Crippen LogP) is 2.35. The molecule has 0 spiro atoms. The zero-order valence-corrected chi connectivity index (χ0v) is 10.7. The second-order valence-corrected chi connectivity index (χ2v) is 4.28. The van der Waals surface area contributed by atoms with Crippen molar-refractivity contribution < 1.29 is 14.7 Å². The number of hydrogen-bond acceptors (Lipinski definition) is 3. The third kappa shape index (κ3) is 3.91. The minimum absolute atomic E-state index is 0.0712. The quantitative estimate of drug-likeness (QED) is 0.874. The van der Waals surface area contributed by atoms with Gasteiger partial charge in [-0.1, -0.05) is 12.1 Å². The molecular formula is C15H14N2O3. The third-order valence-electron chi connectivity index (χ3n) is 2.75. The lowest BCUT2D eigenvalue weighted by Crippen LogP contribution is -2.12. The molecule has 0 saturated carbocycles. The molecule has 0 aliphatic rings. The molecule has 0 unspecified atom stereocenters. The van der Waals surface area contributed by atoms with Crippen LogP contribution < -0.4 is 5.32 Å². The fourth-order valence-electron chi connectivity index (χ4n) is 1.76. The Labute approximate surface area is 116 Å². The highest BCUT2D eigenvalue weighted by Gasteiger charge is 2.06. The number of nitrogens with zero attached hydrogens (tertiary/aromatic N) is 1. The molecule has 5 heteroatoms. The summed E-state index contributed by atoms with van der Waals surface area (Å²) in [4.78, 5) is 26.4. The van der Waals surface area contributed by atoms with Crippen molar-refractivity contribution in [2.24, 2.45) is 0 Å². The summed E-state index contributed by atoms with van der Waals surface area (Å²) >= 11 is 0. The minimum atomic E-state index is -0.837. The highest BCUT2D eigenvalue weighted by atomic mass is 16.4. The molecule has 1 amide bonds. The van der Waals surface area contributed by atoms with E-state index >= 15 is 0 Å². The summed E-state index contributed by atoms with van der Waals surface area (Å²) < 4.78 is 0. The van der Waals surface area contributed by atoms with E-state index in [4.69, 9.17) is 5.11 Å². The molecule has 102 valence electrons. The number of anilines is 1. The van der Waals surface area contributed by atoms with Gasteiger partial charge in [0.05, 0.1) is 0 Å². The van der Waals surface area contributed by atoms with E-state index in [-0.39, 0.29) is 12.3 Å². The van der Waals surface area contributed by atoms with Gasteiger partial charge in [0.1, 0.15) is 0 Å². The van der Waals surface area contributed by atoms with Gasteiger partial charge in [0, 0.05) is 30.1 Å². The maximum Gasteiger partial charge on any atom is 0.303 e. The number of amides is 1. The van der Waals surface area contributed by atoms with Crippen molar-refractivity contribution in [1.82, 2.24) is 4.98 Å². The summed E-state index contributed by atoms with van der Waals surface area (Å²) in [6.45, 7) is 0. The van der Waals surface area contributed by atoms with Crippen LogP contribution in [0.3, 0.4) is 0 Å². The number of carbonyl (C=O) groups excluding carboxylic acids is 1.